The number of benzene rings is 3. The van der Waals surface area contributed by atoms with Crippen LogP contribution in [0.4, 0.5) is 0 Å². The molecule has 208 valence electrons. The third-order valence-electron chi connectivity index (χ3n) is 5.27. The molecule has 3 rings (SSSR count). The molecule has 0 saturated heterocycles. The lowest BCUT2D eigenvalue weighted by Crippen LogP contribution is -2.12. The highest BCUT2D eigenvalue weighted by atomic mass is 17.2. The molecule has 0 bridgehead atoms. The summed E-state index contributed by atoms with van der Waals surface area (Å²) in [4.78, 5) is 39.6. The minimum Gasteiger partial charge on any atom is -0.423 e. The number of hydrogen-bond donors (Lipinski definition) is 1. The zero-order valence-corrected chi connectivity index (χ0v) is 22.1. The summed E-state index contributed by atoms with van der Waals surface area (Å²) in [5.74, 6) is -0.120. The Morgan fingerprint density at radius 2 is 1.41 bits per heavy atom. The maximum absolute atomic E-state index is 12.6. The molecule has 3 aromatic rings. The number of carbonyl (C=O) groups is 2. The summed E-state index contributed by atoms with van der Waals surface area (Å²) in [6, 6.07) is 17.2. The lowest BCUT2D eigenvalue weighted by Gasteiger charge is -2.14. The Balaban J connectivity index is 1.54. The van der Waals surface area contributed by atoms with Crippen molar-refractivity contribution in [1.29, 1.82) is 0 Å². The molecule has 0 aliphatic heterocycles. The van der Waals surface area contributed by atoms with E-state index < -0.39 is 18.2 Å². The van der Waals surface area contributed by atoms with Crippen molar-refractivity contribution in [3.63, 3.8) is 0 Å². The third-order valence-corrected chi connectivity index (χ3v) is 5.27. The van der Waals surface area contributed by atoms with Crippen molar-refractivity contribution >= 4 is 11.9 Å². The highest BCUT2D eigenvalue weighted by molar-refractivity contribution is 5.92. The number of ether oxygens (including phenoxy) is 4. The molecule has 0 radical (unpaired) electrons. The molecule has 0 heterocycles. The summed E-state index contributed by atoms with van der Waals surface area (Å²) in [6.45, 7) is 6.64. The third kappa shape index (κ3) is 9.17. The van der Waals surface area contributed by atoms with Crippen LogP contribution in [0, 0.1) is 6.92 Å². The van der Waals surface area contributed by atoms with Crippen LogP contribution in [0.1, 0.15) is 64.8 Å². The molecule has 0 aliphatic carbocycles. The van der Waals surface area contributed by atoms with Gasteiger partial charge < -0.3 is 23.8 Å². The van der Waals surface area contributed by atoms with E-state index in [1.807, 2.05) is 13.8 Å². The van der Waals surface area contributed by atoms with E-state index in [0.717, 1.165) is 12.8 Å². The van der Waals surface area contributed by atoms with Crippen molar-refractivity contribution in [1.82, 2.24) is 0 Å². The Labute approximate surface area is 226 Å². The van der Waals surface area contributed by atoms with E-state index in [4.69, 9.17) is 34.0 Å². The van der Waals surface area contributed by atoms with Crippen molar-refractivity contribution < 1.29 is 48.5 Å². The van der Waals surface area contributed by atoms with Crippen LogP contribution >= 0.6 is 0 Å². The van der Waals surface area contributed by atoms with Gasteiger partial charge in [-0.15, -0.1) is 0 Å². The first-order valence-corrected chi connectivity index (χ1v) is 12.5. The predicted octanol–water partition coefficient (Wildman–Crippen LogP) is 6.04. The maximum atomic E-state index is 12.6. The first-order valence-electron chi connectivity index (χ1n) is 12.5. The van der Waals surface area contributed by atoms with Gasteiger partial charge in [-0.05, 0) is 79.9 Å². The van der Waals surface area contributed by atoms with E-state index in [1.54, 1.807) is 67.6 Å². The second-order valence-corrected chi connectivity index (χ2v) is 8.39. The van der Waals surface area contributed by atoms with E-state index in [-0.39, 0.29) is 6.79 Å². The second-order valence-electron chi connectivity index (χ2n) is 8.39. The fourth-order valence-electron chi connectivity index (χ4n) is 3.29. The van der Waals surface area contributed by atoms with Gasteiger partial charge in [-0.2, -0.15) is 4.89 Å². The average Bonchev–Trinajstić information content (AvgIpc) is 2.95. The molecule has 3 aromatic carbocycles. The summed E-state index contributed by atoms with van der Waals surface area (Å²) in [7, 11) is 0. The minimum atomic E-state index is -0.941. The van der Waals surface area contributed by atoms with Gasteiger partial charge in [-0.3, -0.25) is 0 Å². The summed E-state index contributed by atoms with van der Waals surface area (Å²) in [5, 5.41) is 9.05. The molecule has 1 N–H and O–H groups in total. The van der Waals surface area contributed by atoms with Crippen LogP contribution in [0.3, 0.4) is 0 Å². The average molecular weight is 541 g/mol. The number of esters is 2. The van der Waals surface area contributed by atoms with E-state index in [0.29, 0.717) is 52.7 Å². The van der Waals surface area contributed by atoms with Gasteiger partial charge in [-0.1, -0.05) is 26.0 Å². The van der Waals surface area contributed by atoms with Crippen LogP contribution in [0.15, 0.2) is 66.7 Å². The molecule has 0 amide bonds. The lowest BCUT2D eigenvalue weighted by atomic mass is 10.1. The first-order chi connectivity index (χ1) is 18.9. The zero-order chi connectivity index (χ0) is 28.0. The lowest BCUT2D eigenvalue weighted by molar-refractivity contribution is -0.351. The Kier molecular flexibility index (Phi) is 11.9. The molecule has 0 spiro atoms. The fourth-order valence-corrected chi connectivity index (χ4v) is 3.29. The van der Waals surface area contributed by atoms with Crippen LogP contribution in [0.2, 0.25) is 0 Å². The van der Waals surface area contributed by atoms with Crippen molar-refractivity contribution in [2.45, 2.75) is 39.9 Å². The van der Waals surface area contributed by atoms with Crippen molar-refractivity contribution in [3.05, 3.63) is 89.0 Å². The number of hydrogen-bond acceptors (Lipinski definition) is 10. The van der Waals surface area contributed by atoms with Crippen molar-refractivity contribution in [3.8, 4) is 17.2 Å². The molecule has 1 unspecified atom stereocenters. The summed E-state index contributed by atoms with van der Waals surface area (Å²) >= 11 is 0. The Hall–Kier alpha value is -3.80. The van der Waals surface area contributed by atoms with E-state index in [9.17, 15) is 9.59 Å². The largest absolute Gasteiger partial charge is 0.423 e. The molecule has 0 aliphatic rings. The van der Waals surface area contributed by atoms with Crippen molar-refractivity contribution in [2.75, 3.05) is 20.0 Å². The monoisotopic (exact) mass is 540 g/mol. The molecular formula is C29H32O10. The van der Waals surface area contributed by atoms with Gasteiger partial charge in [0.15, 0.2) is 12.5 Å². The molecule has 10 nitrogen and oxygen atoms in total. The summed E-state index contributed by atoms with van der Waals surface area (Å²) in [6.07, 6.45) is 0.695. The smallest absolute Gasteiger partial charge is 0.343 e. The maximum Gasteiger partial charge on any atom is 0.343 e. The summed E-state index contributed by atoms with van der Waals surface area (Å²) < 4.78 is 21.5. The molecular weight excluding hydrogens is 508 g/mol. The Bertz CT molecular complexity index is 1190. The highest BCUT2D eigenvalue weighted by Gasteiger charge is 2.16. The first kappa shape index (κ1) is 29.8. The Morgan fingerprint density at radius 3 is 2.03 bits per heavy atom. The normalized spacial score (nSPS) is 11.6. The molecule has 0 aromatic heterocycles. The summed E-state index contributed by atoms with van der Waals surface area (Å²) in [5.41, 5.74) is 1.76. The van der Waals surface area contributed by atoms with E-state index in [1.165, 1.54) is 6.07 Å². The van der Waals surface area contributed by atoms with Crippen LogP contribution in [0.5, 0.6) is 17.2 Å². The van der Waals surface area contributed by atoms with Gasteiger partial charge in [0.25, 0.3) is 0 Å². The second kappa shape index (κ2) is 15.6. The molecule has 39 heavy (non-hydrogen) atoms. The quantitative estimate of drug-likeness (QED) is 0.0610. The van der Waals surface area contributed by atoms with Gasteiger partial charge in [0, 0.05) is 18.8 Å². The van der Waals surface area contributed by atoms with Gasteiger partial charge in [-0.25, -0.2) is 19.7 Å². The highest BCUT2D eigenvalue weighted by Crippen LogP contribution is 2.26. The Morgan fingerprint density at radius 1 is 0.795 bits per heavy atom. The van der Waals surface area contributed by atoms with Crippen LogP contribution in [0.25, 0.3) is 0 Å². The molecule has 0 saturated carbocycles. The molecule has 0 fully saturated rings. The standard InChI is InChI=1S/C29H32O10/c1-4-16-33-19-35-39-24-12-10-22(11-13-24)27(30)36-25-14-15-26(20(3)18-25)37-28(31)21-6-8-23(9-7-21)29(38-32)34-17-5-2/h6-15,18,29,32H,4-5,16-17,19H2,1-3H3. The number of aryl methyl sites for hydroxylation is 1. The van der Waals surface area contributed by atoms with Crippen LogP contribution < -0.4 is 14.4 Å². The number of carbonyl (C=O) groups excluding carboxylic acids is 2. The van der Waals surface area contributed by atoms with Gasteiger partial charge >= 0.3 is 11.9 Å². The van der Waals surface area contributed by atoms with Gasteiger partial charge in [0.2, 0.25) is 6.29 Å². The van der Waals surface area contributed by atoms with Crippen LogP contribution in [-0.4, -0.2) is 37.2 Å². The molecule has 10 heteroatoms. The molecule has 1 atom stereocenters. The van der Waals surface area contributed by atoms with Gasteiger partial charge in [0.1, 0.15) is 11.5 Å². The zero-order valence-electron chi connectivity index (χ0n) is 22.1. The fraction of sp³-hybridized carbons (Fsp3) is 0.310. The van der Waals surface area contributed by atoms with Crippen molar-refractivity contribution in [2.24, 2.45) is 0 Å². The topological polar surface area (TPSA) is 119 Å². The SMILES string of the molecule is CCCOCOOc1ccc(C(=O)Oc2ccc(OC(=O)c3ccc(C(OO)OCCC)cc3)c(C)c2)cc1. The van der Waals surface area contributed by atoms with Gasteiger partial charge in [0.05, 0.1) is 11.1 Å². The van der Waals surface area contributed by atoms with E-state index in [2.05, 4.69) is 4.89 Å². The number of rotatable bonds is 15. The predicted molar refractivity (Wildman–Crippen MR) is 140 cm³/mol. The van der Waals surface area contributed by atoms with Crippen LogP contribution in [-0.2, 0) is 19.2 Å². The minimum absolute atomic E-state index is 0.00357. The van der Waals surface area contributed by atoms with E-state index >= 15 is 0 Å².